The van der Waals surface area contributed by atoms with E-state index in [-0.39, 0.29) is 5.41 Å². The highest BCUT2D eigenvalue weighted by atomic mass is 16.7. The van der Waals surface area contributed by atoms with Gasteiger partial charge in [0.25, 0.3) is 0 Å². The van der Waals surface area contributed by atoms with E-state index in [1.807, 2.05) is 0 Å². The van der Waals surface area contributed by atoms with Gasteiger partial charge in [0.15, 0.2) is 17.3 Å². The first-order valence-corrected chi connectivity index (χ1v) is 9.34. The summed E-state index contributed by atoms with van der Waals surface area (Å²) < 4.78 is 24.2. The van der Waals surface area contributed by atoms with E-state index in [4.69, 9.17) is 18.9 Å². The Bertz CT molecular complexity index is 775. The monoisotopic (exact) mass is 342 g/mol. The van der Waals surface area contributed by atoms with Crippen LogP contribution in [-0.2, 0) is 20.7 Å². The summed E-state index contributed by atoms with van der Waals surface area (Å²) in [4.78, 5) is 0. The Balaban J connectivity index is 1.93. The molecule has 5 aliphatic rings. The molecule has 0 amide bonds. The van der Waals surface area contributed by atoms with Crippen molar-refractivity contribution in [3.05, 3.63) is 34.4 Å². The van der Waals surface area contributed by atoms with Crippen molar-refractivity contribution in [1.82, 2.24) is 0 Å². The Morgan fingerprint density at radius 1 is 1.08 bits per heavy atom. The smallest absolute Gasteiger partial charge is 0.195 e. The summed E-state index contributed by atoms with van der Waals surface area (Å²) in [6, 6.07) is 0. The molecule has 4 aliphatic carbocycles. The van der Waals surface area contributed by atoms with E-state index < -0.39 is 5.79 Å². The fourth-order valence-electron chi connectivity index (χ4n) is 5.98. The third-order valence-electron chi connectivity index (χ3n) is 7.01. The van der Waals surface area contributed by atoms with Gasteiger partial charge in [0.2, 0.25) is 0 Å². The maximum absolute atomic E-state index is 6.27. The highest BCUT2D eigenvalue weighted by Crippen LogP contribution is 2.65. The van der Waals surface area contributed by atoms with Crippen molar-refractivity contribution in [1.29, 1.82) is 0 Å². The fraction of sp³-hybridized carbons (Fsp3) is 0.619. The van der Waals surface area contributed by atoms with E-state index in [1.54, 1.807) is 14.2 Å². The van der Waals surface area contributed by atoms with E-state index in [0.717, 1.165) is 23.5 Å². The largest absolute Gasteiger partial charge is 0.493 e. The molecule has 1 saturated heterocycles. The molecule has 3 atom stereocenters. The van der Waals surface area contributed by atoms with Crippen LogP contribution in [0.3, 0.4) is 0 Å². The van der Waals surface area contributed by atoms with E-state index in [0.29, 0.717) is 25.0 Å². The van der Waals surface area contributed by atoms with Crippen molar-refractivity contribution in [2.24, 2.45) is 5.92 Å². The minimum atomic E-state index is -0.621. The zero-order chi connectivity index (χ0) is 17.4. The Labute approximate surface area is 149 Å². The van der Waals surface area contributed by atoms with Gasteiger partial charge in [-0.2, -0.15) is 0 Å². The van der Waals surface area contributed by atoms with Crippen LogP contribution in [0.1, 0.15) is 54.4 Å². The number of allylic oxidation sites excluding steroid dienone is 2. The number of ether oxygens (including phenoxy) is 4. The Kier molecular flexibility index (Phi) is 3.15. The SMILES string of the molecule is COc1c(C)c2c3c(c1OC)[C@H]1C=C[C@]3(CC1)[C@@H](C)CC21OCCO1. The quantitative estimate of drug-likeness (QED) is 0.763. The lowest BCUT2D eigenvalue weighted by atomic mass is 9.51. The van der Waals surface area contributed by atoms with Crippen molar-refractivity contribution in [2.75, 3.05) is 27.4 Å². The van der Waals surface area contributed by atoms with Gasteiger partial charge in [-0.15, -0.1) is 0 Å². The highest BCUT2D eigenvalue weighted by Gasteiger charge is 2.58. The number of hydrogen-bond acceptors (Lipinski definition) is 4. The zero-order valence-electron chi connectivity index (χ0n) is 15.5. The second-order valence-corrected chi connectivity index (χ2v) is 7.95. The lowest BCUT2D eigenvalue weighted by molar-refractivity contribution is -0.190. The third-order valence-corrected chi connectivity index (χ3v) is 7.01. The predicted octanol–water partition coefficient (Wildman–Crippen LogP) is 3.94. The first-order chi connectivity index (χ1) is 12.1. The average Bonchev–Trinajstić information content (AvgIpc) is 3.09. The van der Waals surface area contributed by atoms with Crippen molar-refractivity contribution < 1.29 is 18.9 Å². The average molecular weight is 342 g/mol. The molecule has 0 radical (unpaired) electrons. The number of rotatable bonds is 2. The first kappa shape index (κ1) is 15.7. The van der Waals surface area contributed by atoms with Crippen LogP contribution in [0.4, 0.5) is 0 Å². The number of methoxy groups -OCH3 is 2. The fourth-order valence-corrected chi connectivity index (χ4v) is 5.98. The van der Waals surface area contributed by atoms with Gasteiger partial charge in [-0.1, -0.05) is 19.1 Å². The molecule has 25 heavy (non-hydrogen) atoms. The van der Waals surface area contributed by atoms with Crippen LogP contribution >= 0.6 is 0 Å². The number of hydrogen-bond donors (Lipinski definition) is 0. The van der Waals surface area contributed by atoms with Crippen LogP contribution in [0.2, 0.25) is 0 Å². The molecule has 2 bridgehead atoms. The van der Waals surface area contributed by atoms with Crippen molar-refractivity contribution in [2.45, 2.75) is 50.2 Å². The van der Waals surface area contributed by atoms with Crippen LogP contribution in [0.5, 0.6) is 11.5 Å². The molecular formula is C21H26O4. The molecule has 4 heteroatoms. The van der Waals surface area contributed by atoms with E-state index in [1.165, 1.54) is 29.5 Å². The van der Waals surface area contributed by atoms with Gasteiger partial charge in [0, 0.05) is 34.4 Å². The minimum Gasteiger partial charge on any atom is -0.493 e. The second kappa shape index (κ2) is 5.01. The van der Waals surface area contributed by atoms with Gasteiger partial charge in [0.05, 0.1) is 27.4 Å². The molecule has 0 unspecified atom stereocenters. The van der Waals surface area contributed by atoms with Gasteiger partial charge in [-0.05, 0) is 31.2 Å². The lowest BCUT2D eigenvalue weighted by Gasteiger charge is -2.55. The lowest BCUT2D eigenvalue weighted by Crippen LogP contribution is -2.50. The van der Waals surface area contributed by atoms with Crippen molar-refractivity contribution in [3.8, 4) is 11.5 Å². The molecule has 134 valence electrons. The molecule has 1 aromatic rings. The minimum absolute atomic E-state index is 0.0737. The predicted molar refractivity (Wildman–Crippen MR) is 94.4 cm³/mol. The number of fused-ring (bicyclic) bond motifs is 2. The molecule has 4 nitrogen and oxygen atoms in total. The van der Waals surface area contributed by atoms with Gasteiger partial charge in [-0.3, -0.25) is 0 Å². The summed E-state index contributed by atoms with van der Waals surface area (Å²) >= 11 is 0. The third kappa shape index (κ3) is 1.70. The standard InChI is InChI=1S/C21H26O4/c1-12-11-21(24-9-10-25-21)16-13(2)18(22-3)19(23-4)15-14-5-7-20(12,8-6-14)17(15)16/h5,7,12,14H,6,8-11H2,1-4H3/t12-,14-,20-/m0/s1. The summed E-state index contributed by atoms with van der Waals surface area (Å²) in [6.07, 6.45) is 8.11. The molecular weight excluding hydrogens is 316 g/mol. The first-order valence-electron chi connectivity index (χ1n) is 9.34. The van der Waals surface area contributed by atoms with Crippen LogP contribution in [0, 0.1) is 12.8 Å². The van der Waals surface area contributed by atoms with E-state index in [9.17, 15) is 0 Å². The Morgan fingerprint density at radius 3 is 2.40 bits per heavy atom. The highest BCUT2D eigenvalue weighted by molar-refractivity contribution is 5.69. The maximum atomic E-state index is 6.27. The Hall–Kier alpha value is -1.52. The topological polar surface area (TPSA) is 36.9 Å². The van der Waals surface area contributed by atoms with Crippen molar-refractivity contribution >= 4 is 0 Å². The van der Waals surface area contributed by atoms with Gasteiger partial charge < -0.3 is 18.9 Å². The maximum Gasteiger partial charge on any atom is 0.195 e. The normalized spacial score (nSPS) is 33.6. The zero-order valence-corrected chi connectivity index (χ0v) is 15.5. The van der Waals surface area contributed by atoms with Crippen LogP contribution in [0.25, 0.3) is 0 Å². The molecule has 2 spiro atoms. The van der Waals surface area contributed by atoms with Gasteiger partial charge in [0.1, 0.15) is 0 Å². The summed E-state index contributed by atoms with van der Waals surface area (Å²) in [5.74, 6) is 1.97. The molecule has 0 saturated carbocycles. The summed E-state index contributed by atoms with van der Waals surface area (Å²) in [6.45, 7) is 5.78. The molecule has 1 fully saturated rings. The van der Waals surface area contributed by atoms with E-state index >= 15 is 0 Å². The van der Waals surface area contributed by atoms with Crippen LogP contribution < -0.4 is 9.47 Å². The second-order valence-electron chi connectivity index (χ2n) is 7.95. The van der Waals surface area contributed by atoms with Crippen LogP contribution in [-0.4, -0.2) is 27.4 Å². The summed E-state index contributed by atoms with van der Waals surface area (Å²) in [7, 11) is 3.48. The number of benzene rings is 1. The Morgan fingerprint density at radius 2 is 1.80 bits per heavy atom. The summed E-state index contributed by atoms with van der Waals surface area (Å²) in [5.41, 5.74) is 5.10. The van der Waals surface area contributed by atoms with Crippen LogP contribution in [0.15, 0.2) is 12.2 Å². The van der Waals surface area contributed by atoms with Gasteiger partial charge in [-0.25, -0.2) is 0 Å². The summed E-state index contributed by atoms with van der Waals surface area (Å²) in [5, 5.41) is 0. The molecule has 0 N–H and O–H groups in total. The van der Waals surface area contributed by atoms with E-state index in [2.05, 4.69) is 26.0 Å². The van der Waals surface area contributed by atoms with Gasteiger partial charge >= 0.3 is 0 Å². The van der Waals surface area contributed by atoms with Crippen molar-refractivity contribution in [3.63, 3.8) is 0 Å². The molecule has 1 aliphatic heterocycles. The molecule has 1 heterocycles. The molecule has 6 rings (SSSR count). The molecule has 0 aromatic heterocycles. The molecule has 1 aromatic carbocycles.